The lowest BCUT2D eigenvalue weighted by atomic mass is 10.2. The SMILES string of the molecule is O=C(NCCC(F)(F)F)c1ccc([N+](=O)[O-])c(F)c1. The zero-order valence-corrected chi connectivity index (χ0v) is 9.33. The molecule has 0 aliphatic rings. The summed E-state index contributed by atoms with van der Waals surface area (Å²) in [5, 5.41) is 12.3. The molecule has 0 aromatic heterocycles. The molecule has 0 atom stereocenters. The van der Waals surface area contributed by atoms with Crippen LogP contribution in [0.1, 0.15) is 16.8 Å². The summed E-state index contributed by atoms with van der Waals surface area (Å²) >= 11 is 0. The first-order chi connectivity index (χ1) is 8.70. The largest absolute Gasteiger partial charge is 0.390 e. The second-order valence-corrected chi connectivity index (χ2v) is 3.54. The van der Waals surface area contributed by atoms with Crippen LogP contribution in [0.25, 0.3) is 0 Å². The Kier molecular flexibility index (Phi) is 4.41. The van der Waals surface area contributed by atoms with Gasteiger partial charge in [0.25, 0.3) is 5.91 Å². The van der Waals surface area contributed by atoms with Crippen LogP contribution in [0.3, 0.4) is 0 Å². The number of hydrogen-bond acceptors (Lipinski definition) is 3. The first kappa shape index (κ1) is 14.9. The normalized spacial score (nSPS) is 11.2. The van der Waals surface area contributed by atoms with Gasteiger partial charge in [0, 0.05) is 18.2 Å². The van der Waals surface area contributed by atoms with E-state index in [4.69, 9.17) is 0 Å². The van der Waals surface area contributed by atoms with E-state index in [2.05, 4.69) is 0 Å². The van der Waals surface area contributed by atoms with Crippen LogP contribution in [0.15, 0.2) is 18.2 Å². The molecule has 1 aromatic rings. The van der Waals surface area contributed by atoms with Gasteiger partial charge in [0.1, 0.15) is 0 Å². The number of carbonyl (C=O) groups excluding carboxylic acids is 1. The highest BCUT2D eigenvalue weighted by atomic mass is 19.4. The molecule has 0 fully saturated rings. The van der Waals surface area contributed by atoms with Crippen molar-refractivity contribution in [1.82, 2.24) is 5.32 Å². The third-order valence-electron chi connectivity index (χ3n) is 2.10. The Hall–Kier alpha value is -2.19. The van der Waals surface area contributed by atoms with Gasteiger partial charge in [0.05, 0.1) is 11.3 Å². The third-order valence-corrected chi connectivity index (χ3v) is 2.10. The van der Waals surface area contributed by atoms with Crippen molar-refractivity contribution in [2.24, 2.45) is 0 Å². The molecule has 0 saturated carbocycles. The monoisotopic (exact) mass is 280 g/mol. The van der Waals surface area contributed by atoms with E-state index in [1.165, 1.54) is 0 Å². The van der Waals surface area contributed by atoms with Gasteiger partial charge < -0.3 is 5.32 Å². The average Bonchev–Trinajstić information content (AvgIpc) is 2.26. The van der Waals surface area contributed by atoms with Gasteiger partial charge in [-0.2, -0.15) is 17.6 Å². The summed E-state index contributed by atoms with van der Waals surface area (Å²) in [5.41, 5.74) is -1.10. The van der Waals surface area contributed by atoms with Crippen LogP contribution in [0.5, 0.6) is 0 Å². The predicted octanol–water partition coefficient (Wildman–Crippen LogP) is 2.42. The van der Waals surface area contributed by atoms with E-state index >= 15 is 0 Å². The first-order valence-electron chi connectivity index (χ1n) is 4.99. The minimum atomic E-state index is -4.41. The van der Waals surface area contributed by atoms with Crippen LogP contribution in [-0.4, -0.2) is 23.6 Å². The lowest BCUT2D eigenvalue weighted by molar-refractivity contribution is -0.387. The smallest absolute Gasteiger partial charge is 0.352 e. The highest BCUT2D eigenvalue weighted by Gasteiger charge is 2.26. The fourth-order valence-corrected chi connectivity index (χ4v) is 1.22. The van der Waals surface area contributed by atoms with Crippen molar-refractivity contribution in [2.75, 3.05) is 6.54 Å². The molecule has 1 amide bonds. The summed E-state index contributed by atoms with van der Waals surface area (Å²) in [4.78, 5) is 20.7. The number of nitrogens with one attached hydrogen (secondary N) is 1. The number of alkyl halides is 3. The van der Waals surface area contributed by atoms with Gasteiger partial charge in [0.2, 0.25) is 5.82 Å². The van der Waals surface area contributed by atoms with Gasteiger partial charge >= 0.3 is 11.9 Å². The van der Waals surface area contributed by atoms with Gasteiger partial charge in [-0.15, -0.1) is 0 Å². The van der Waals surface area contributed by atoms with Crippen LogP contribution in [-0.2, 0) is 0 Å². The quantitative estimate of drug-likeness (QED) is 0.523. The second-order valence-electron chi connectivity index (χ2n) is 3.54. The highest BCUT2D eigenvalue weighted by molar-refractivity contribution is 5.94. The minimum Gasteiger partial charge on any atom is -0.352 e. The number of nitro benzene ring substituents is 1. The zero-order valence-electron chi connectivity index (χ0n) is 9.33. The summed E-state index contributed by atoms with van der Waals surface area (Å²) in [5.74, 6) is -2.16. The van der Waals surface area contributed by atoms with Crippen molar-refractivity contribution in [1.29, 1.82) is 0 Å². The Morgan fingerprint density at radius 3 is 2.47 bits per heavy atom. The molecule has 1 rings (SSSR count). The fraction of sp³-hybridized carbons (Fsp3) is 0.300. The van der Waals surface area contributed by atoms with Crippen LogP contribution in [0.2, 0.25) is 0 Å². The number of hydrogen-bond donors (Lipinski definition) is 1. The molecule has 19 heavy (non-hydrogen) atoms. The van der Waals surface area contributed by atoms with Gasteiger partial charge in [-0.25, -0.2) is 0 Å². The van der Waals surface area contributed by atoms with Crippen molar-refractivity contribution in [3.05, 3.63) is 39.7 Å². The van der Waals surface area contributed by atoms with E-state index in [1.54, 1.807) is 0 Å². The molecule has 5 nitrogen and oxygen atoms in total. The summed E-state index contributed by atoms with van der Waals surface area (Å²) in [7, 11) is 0. The van der Waals surface area contributed by atoms with Crippen molar-refractivity contribution < 1.29 is 27.3 Å². The summed E-state index contributed by atoms with van der Waals surface area (Å²) in [6.07, 6.45) is -5.62. The number of nitro groups is 1. The maximum Gasteiger partial charge on any atom is 0.390 e. The molecule has 0 radical (unpaired) electrons. The fourth-order valence-electron chi connectivity index (χ4n) is 1.22. The van der Waals surface area contributed by atoms with E-state index in [-0.39, 0.29) is 5.56 Å². The van der Waals surface area contributed by atoms with Crippen LogP contribution in [0.4, 0.5) is 23.2 Å². The lowest BCUT2D eigenvalue weighted by Crippen LogP contribution is -2.28. The van der Waals surface area contributed by atoms with Crippen molar-refractivity contribution in [3.63, 3.8) is 0 Å². The van der Waals surface area contributed by atoms with Gasteiger partial charge in [-0.05, 0) is 12.1 Å². The number of benzene rings is 1. The van der Waals surface area contributed by atoms with E-state index in [0.29, 0.717) is 6.07 Å². The molecular weight excluding hydrogens is 272 g/mol. The maximum absolute atomic E-state index is 13.2. The number of halogens is 4. The lowest BCUT2D eigenvalue weighted by Gasteiger charge is -2.07. The van der Waals surface area contributed by atoms with Crippen molar-refractivity contribution in [2.45, 2.75) is 12.6 Å². The molecule has 0 spiro atoms. The summed E-state index contributed by atoms with van der Waals surface area (Å²) < 4.78 is 48.7. The summed E-state index contributed by atoms with van der Waals surface area (Å²) in [6.45, 7) is -0.652. The van der Waals surface area contributed by atoms with Crippen LogP contribution < -0.4 is 5.32 Å². The minimum absolute atomic E-state index is 0.287. The summed E-state index contributed by atoms with van der Waals surface area (Å²) in [6, 6.07) is 2.33. The standard InChI is InChI=1S/C10H8F4N2O3/c11-7-5-6(1-2-8(7)16(18)19)9(17)15-4-3-10(12,13)14/h1-2,5H,3-4H2,(H,15,17). The molecule has 0 aliphatic heterocycles. The van der Waals surface area contributed by atoms with E-state index in [1.807, 2.05) is 5.32 Å². The number of amides is 1. The predicted molar refractivity (Wildman–Crippen MR) is 56.1 cm³/mol. The number of nitrogens with zero attached hydrogens (tertiary/aromatic N) is 1. The zero-order chi connectivity index (χ0) is 14.6. The molecule has 1 aromatic carbocycles. The number of rotatable bonds is 4. The molecule has 9 heteroatoms. The third kappa shape index (κ3) is 4.53. The van der Waals surface area contributed by atoms with E-state index < -0.39 is 41.5 Å². The molecule has 0 aliphatic carbocycles. The number of carbonyl (C=O) groups is 1. The maximum atomic E-state index is 13.2. The van der Waals surface area contributed by atoms with Gasteiger partial charge in [-0.3, -0.25) is 14.9 Å². The Labute approximate surface area is 104 Å². The van der Waals surface area contributed by atoms with Crippen molar-refractivity contribution in [3.8, 4) is 0 Å². The molecule has 104 valence electrons. The Bertz CT molecular complexity index is 502. The van der Waals surface area contributed by atoms with E-state index in [9.17, 15) is 32.5 Å². The van der Waals surface area contributed by atoms with Crippen LogP contribution >= 0.6 is 0 Å². The Morgan fingerprint density at radius 2 is 2.00 bits per heavy atom. The van der Waals surface area contributed by atoms with Crippen LogP contribution in [0, 0.1) is 15.9 Å². The van der Waals surface area contributed by atoms with Gasteiger partial charge in [-0.1, -0.05) is 0 Å². The molecular formula is C10H8F4N2O3. The molecule has 0 unspecified atom stereocenters. The topological polar surface area (TPSA) is 72.2 Å². The van der Waals surface area contributed by atoms with Gasteiger partial charge in [0.15, 0.2) is 0 Å². The molecule has 0 bridgehead atoms. The Morgan fingerprint density at radius 1 is 1.37 bits per heavy atom. The Balaban J connectivity index is 2.68. The first-order valence-corrected chi connectivity index (χ1v) is 4.99. The highest BCUT2D eigenvalue weighted by Crippen LogP contribution is 2.19. The average molecular weight is 280 g/mol. The molecule has 0 saturated heterocycles. The second kappa shape index (κ2) is 5.63. The molecule has 1 N–H and O–H groups in total. The molecule has 0 heterocycles. The van der Waals surface area contributed by atoms with E-state index in [0.717, 1.165) is 12.1 Å². The van der Waals surface area contributed by atoms with Crippen molar-refractivity contribution >= 4 is 11.6 Å².